The van der Waals surface area contributed by atoms with E-state index in [1.54, 1.807) is 0 Å². The molecule has 4 atom stereocenters. The molecule has 0 aromatic rings. The van der Waals surface area contributed by atoms with Crippen LogP contribution >= 0.6 is 0 Å². The molecular weight excluding hydrogens is 236 g/mol. The zero-order valence-electron chi connectivity index (χ0n) is 11.7. The molecule has 0 aromatic heterocycles. The van der Waals surface area contributed by atoms with Gasteiger partial charge in [0, 0.05) is 5.41 Å². The average molecular weight is 262 g/mol. The number of allylic oxidation sites excluding steroid dienone is 3. The summed E-state index contributed by atoms with van der Waals surface area (Å²) in [4.78, 5) is 0. The Morgan fingerprint density at radius 2 is 2.00 bits per heavy atom. The lowest BCUT2D eigenvalue weighted by Crippen LogP contribution is -2.23. The summed E-state index contributed by atoms with van der Waals surface area (Å²) in [7, 11) is 0. The highest BCUT2D eigenvalue weighted by molar-refractivity contribution is 5.24. The maximum atomic E-state index is 10.3. The highest BCUT2D eigenvalue weighted by Crippen LogP contribution is 2.51. The second kappa shape index (κ2) is 5.41. The fourth-order valence-corrected chi connectivity index (χ4v) is 4.35. The van der Waals surface area contributed by atoms with Crippen LogP contribution in [0.4, 0.5) is 0 Å². The van der Waals surface area contributed by atoms with Crippen molar-refractivity contribution in [3.05, 3.63) is 24.3 Å². The molecule has 2 saturated carbocycles. The molecule has 3 rings (SSSR count). The molecule has 0 radical (unpaired) electrons. The molecular formula is C17H26O2. The van der Waals surface area contributed by atoms with Crippen molar-refractivity contribution < 1.29 is 10.2 Å². The monoisotopic (exact) mass is 262 g/mol. The van der Waals surface area contributed by atoms with E-state index in [-0.39, 0.29) is 17.6 Å². The summed E-state index contributed by atoms with van der Waals surface area (Å²) in [5.74, 6) is 1.01. The van der Waals surface area contributed by atoms with Crippen LogP contribution in [0.25, 0.3) is 0 Å². The average Bonchev–Trinajstić information content (AvgIpc) is 2.93. The Balaban J connectivity index is 1.66. The van der Waals surface area contributed by atoms with Gasteiger partial charge in [-0.1, -0.05) is 43.6 Å². The van der Waals surface area contributed by atoms with Crippen LogP contribution in [-0.4, -0.2) is 22.4 Å². The van der Waals surface area contributed by atoms with Gasteiger partial charge >= 0.3 is 0 Å². The van der Waals surface area contributed by atoms with Gasteiger partial charge < -0.3 is 10.2 Å². The van der Waals surface area contributed by atoms with Crippen molar-refractivity contribution in [3.63, 3.8) is 0 Å². The second-order valence-electron chi connectivity index (χ2n) is 6.79. The van der Waals surface area contributed by atoms with Gasteiger partial charge in [-0.2, -0.15) is 0 Å². The Bertz CT molecular complexity index is 367. The lowest BCUT2D eigenvalue weighted by atomic mass is 9.79. The highest BCUT2D eigenvalue weighted by atomic mass is 16.3. The zero-order chi connectivity index (χ0) is 13.3. The normalized spacial score (nSPS) is 40.9. The number of aliphatic hydroxyl groups excluding tert-OH is 2. The molecule has 3 aliphatic rings. The van der Waals surface area contributed by atoms with E-state index >= 15 is 0 Å². The first-order valence-electron chi connectivity index (χ1n) is 7.93. The van der Waals surface area contributed by atoms with Gasteiger partial charge in [0.2, 0.25) is 0 Å². The fraction of sp³-hybridized carbons (Fsp3) is 0.765. The van der Waals surface area contributed by atoms with Crippen molar-refractivity contribution in [1.82, 2.24) is 0 Å². The van der Waals surface area contributed by atoms with E-state index in [2.05, 4.69) is 18.2 Å². The van der Waals surface area contributed by atoms with Crippen LogP contribution in [0.5, 0.6) is 0 Å². The summed E-state index contributed by atoms with van der Waals surface area (Å²) in [5, 5.41) is 20.2. The van der Waals surface area contributed by atoms with Crippen molar-refractivity contribution in [3.8, 4) is 0 Å². The Morgan fingerprint density at radius 1 is 1.21 bits per heavy atom. The Labute approximate surface area is 116 Å². The Morgan fingerprint density at radius 3 is 2.79 bits per heavy atom. The molecule has 0 bridgehead atoms. The van der Waals surface area contributed by atoms with Crippen LogP contribution in [0.15, 0.2) is 24.3 Å². The molecule has 3 aliphatic carbocycles. The van der Waals surface area contributed by atoms with E-state index in [1.165, 1.54) is 32.1 Å². The van der Waals surface area contributed by atoms with E-state index in [0.717, 1.165) is 19.3 Å². The first-order chi connectivity index (χ1) is 9.20. The third kappa shape index (κ3) is 2.66. The van der Waals surface area contributed by atoms with Gasteiger partial charge in [0.05, 0.1) is 12.2 Å². The minimum atomic E-state index is -0.290. The van der Waals surface area contributed by atoms with Crippen molar-refractivity contribution in [2.24, 2.45) is 17.3 Å². The molecule has 0 aliphatic heterocycles. The molecule has 19 heavy (non-hydrogen) atoms. The summed E-state index contributed by atoms with van der Waals surface area (Å²) < 4.78 is 0. The molecule has 0 spiro atoms. The molecule has 2 fully saturated rings. The number of hydrogen-bond donors (Lipinski definition) is 2. The van der Waals surface area contributed by atoms with Gasteiger partial charge in [-0.25, -0.2) is 0 Å². The molecule has 2 nitrogen and oxygen atoms in total. The smallest absolute Gasteiger partial charge is 0.0749 e. The lowest BCUT2D eigenvalue weighted by molar-refractivity contribution is 0.124. The lowest BCUT2D eigenvalue weighted by Gasteiger charge is -2.27. The van der Waals surface area contributed by atoms with Crippen LogP contribution in [0.1, 0.15) is 51.4 Å². The van der Waals surface area contributed by atoms with Crippen molar-refractivity contribution in [2.75, 3.05) is 0 Å². The molecule has 106 valence electrons. The minimum Gasteiger partial charge on any atom is -0.393 e. The summed E-state index contributed by atoms with van der Waals surface area (Å²) in [6.07, 6.45) is 17.3. The van der Waals surface area contributed by atoms with Gasteiger partial charge in [0.25, 0.3) is 0 Å². The maximum absolute atomic E-state index is 10.3. The SMILES string of the molecule is OC1CC2CC=CC2(/C=C/[C@H](O)C2CCCCC2)C1. The molecule has 0 saturated heterocycles. The first kappa shape index (κ1) is 13.4. The molecule has 0 aromatic carbocycles. The minimum absolute atomic E-state index is 0.0368. The predicted octanol–water partition coefficient (Wildman–Crippen LogP) is 3.20. The van der Waals surface area contributed by atoms with E-state index < -0.39 is 0 Å². The molecule has 0 amide bonds. The van der Waals surface area contributed by atoms with Gasteiger partial charge in [-0.3, -0.25) is 0 Å². The third-order valence-electron chi connectivity index (χ3n) is 5.49. The van der Waals surface area contributed by atoms with E-state index in [4.69, 9.17) is 0 Å². The number of fused-ring (bicyclic) bond motifs is 1. The van der Waals surface area contributed by atoms with E-state index in [9.17, 15) is 10.2 Å². The van der Waals surface area contributed by atoms with E-state index in [1.807, 2.05) is 6.08 Å². The molecule has 2 heteroatoms. The summed E-state index contributed by atoms with van der Waals surface area (Å²) >= 11 is 0. The van der Waals surface area contributed by atoms with Gasteiger partial charge in [0.15, 0.2) is 0 Å². The summed E-state index contributed by atoms with van der Waals surface area (Å²) in [5.41, 5.74) is 0.0368. The van der Waals surface area contributed by atoms with Crippen LogP contribution < -0.4 is 0 Å². The quantitative estimate of drug-likeness (QED) is 0.767. The number of aliphatic hydroxyl groups is 2. The van der Waals surface area contributed by atoms with Crippen LogP contribution in [-0.2, 0) is 0 Å². The standard InChI is InChI=1S/C17H26O2/c18-15-11-14-7-4-9-17(14,12-15)10-8-16(19)13-5-2-1-3-6-13/h4,8-10,13-16,18-19H,1-3,5-7,11-12H2/b10-8+/t14?,15?,16-,17?/m0/s1. The van der Waals surface area contributed by atoms with Gasteiger partial charge in [-0.15, -0.1) is 0 Å². The van der Waals surface area contributed by atoms with Crippen LogP contribution in [0, 0.1) is 17.3 Å². The van der Waals surface area contributed by atoms with Crippen molar-refractivity contribution in [1.29, 1.82) is 0 Å². The van der Waals surface area contributed by atoms with E-state index in [0.29, 0.717) is 11.8 Å². The summed E-state index contributed by atoms with van der Waals surface area (Å²) in [6, 6.07) is 0. The zero-order valence-corrected chi connectivity index (χ0v) is 11.7. The third-order valence-corrected chi connectivity index (χ3v) is 5.49. The largest absolute Gasteiger partial charge is 0.393 e. The van der Waals surface area contributed by atoms with Crippen LogP contribution in [0.2, 0.25) is 0 Å². The first-order valence-corrected chi connectivity index (χ1v) is 7.93. The maximum Gasteiger partial charge on any atom is 0.0749 e. The van der Waals surface area contributed by atoms with Gasteiger partial charge in [-0.05, 0) is 43.9 Å². The van der Waals surface area contributed by atoms with Crippen molar-refractivity contribution >= 4 is 0 Å². The molecule has 3 unspecified atom stereocenters. The highest BCUT2D eigenvalue weighted by Gasteiger charge is 2.45. The number of hydrogen-bond acceptors (Lipinski definition) is 2. The second-order valence-corrected chi connectivity index (χ2v) is 6.79. The van der Waals surface area contributed by atoms with Crippen LogP contribution in [0.3, 0.4) is 0 Å². The summed E-state index contributed by atoms with van der Waals surface area (Å²) in [6.45, 7) is 0. The molecule has 0 heterocycles. The Hall–Kier alpha value is -0.600. The topological polar surface area (TPSA) is 40.5 Å². The number of rotatable bonds is 3. The van der Waals surface area contributed by atoms with Crippen molar-refractivity contribution in [2.45, 2.75) is 63.6 Å². The molecule has 2 N–H and O–H groups in total. The van der Waals surface area contributed by atoms with Gasteiger partial charge in [0.1, 0.15) is 0 Å². The fourth-order valence-electron chi connectivity index (χ4n) is 4.35. The Kier molecular flexibility index (Phi) is 3.81. The predicted molar refractivity (Wildman–Crippen MR) is 76.6 cm³/mol.